The third kappa shape index (κ3) is 2.64. The molecule has 0 aliphatic rings. The van der Waals surface area contributed by atoms with Crippen molar-refractivity contribution < 1.29 is 5.11 Å². The van der Waals surface area contributed by atoms with Crippen molar-refractivity contribution in [1.29, 1.82) is 0 Å². The molecule has 5 nitrogen and oxygen atoms in total. The predicted octanol–water partition coefficient (Wildman–Crippen LogP) is -0.636. The van der Waals surface area contributed by atoms with E-state index in [1.54, 1.807) is 12.4 Å². The Morgan fingerprint density at radius 1 is 1.46 bits per heavy atom. The first kappa shape index (κ1) is 9.88. The molecule has 0 bridgehead atoms. The second-order valence-corrected chi connectivity index (χ2v) is 2.72. The highest BCUT2D eigenvalue weighted by molar-refractivity contribution is 5.34. The fourth-order valence-corrected chi connectivity index (χ4v) is 0.915. The van der Waals surface area contributed by atoms with E-state index in [2.05, 4.69) is 9.97 Å². The van der Waals surface area contributed by atoms with Gasteiger partial charge in [0.25, 0.3) is 0 Å². The summed E-state index contributed by atoms with van der Waals surface area (Å²) >= 11 is 0. The van der Waals surface area contributed by atoms with Gasteiger partial charge in [0.05, 0.1) is 24.7 Å². The number of hydrogen-bond acceptors (Lipinski definition) is 5. The minimum atomic E-state index is 0.108. The number of aliphatic hydroxyl groups is 1. The molecule has 3 N–H and O–H groups in total. The van der Waals surface area contributed by atoms with E-state index >= 15 is 0 Å². The minimum absolute atomic E-state index is 0.108. The smallest absolute Gasteiger partial charge is 0.146 e. The Morgan fingerprint density at radius 3 is 2.69 bits per heavy atom. The lowest BCUT2D eigenvalue weighted by Gasteiger charge is -2.15. The fourth-order valence-electron chi connectivity index (χ4n) is 0.915. The van der Waals surface area contributed by atoms with Gasteiger partial charge in [-0.1, -0.05) is 0 Å². The van der Waals surface area contributed by atoms with Crippen LogP contribution in [0.4, 0.5) is 5.82 Å². The molecule has 0 fully saturated rings. The van der Waals surface area contributed by atoms with Gasteiger partial charge in [0, 0.05) is 20.1 Å². The van der Waals surface area contributed by atoms with E-state index in [4.69, 9.17) is 10.8 Å². The molecule has 0 saturated carbocycles. The third-order valence-corrected chi connectivity index (χ3v) is 1.73. The molecule has 1 aromatic rings. The summed E-state index contributed by atoms with van der Waals surface area (Å²) in [5.74, 6) is 0.742. The molecule has 0 spiro atoms. The Kier molecular flexibility index (Phi) is 3.60. The van der Waals surface area contributed by atoms with Crippen molar-refractivity contribution in [2.24, 2.45) is 5.73 Å². The molecule has 1 rings (SSSR count). The van der Waals surface area contributed by atoms with Gasteiger partial charge in [-0.25, -0.2) is 4.98 Å². The Labute approximate surface area is 77.2 Å². The number of nitrogens with zero attached hydrogens (tertiary/aromatic N) is 3. The molecule has 0 aliphatic carbocycles. The highest BCUT2D eigenvalue weighted by Gasteiger charge is 2.01. The Morgan fingerprint density at radius 2 is 2.23 bits per heavy atom. The van der Waals surface area contributed by atoms with Crippen LogP contribution in [0.15, 0.2) is 12.4 Å². The summed E-state index contributed by atoms with van der Waals surface area (Å²) in [4.78, 5) is 10.1. The van der Waals surface area contributed by atoms with Crippen LogP contribution in [0.25, 0.3) is 0 Å². The maximum absolute atomic E-state index is 8.69. The molecule has 0 unspecified atom stereocenters. The average Bonchev–Trinajstić information content (AvgIpc) is 2.18. The second-order valence-electron chi connectivity index (χ2n) is 2.72. The Bertz CT molecular complexity index is 249. The van der Waals surface area contributed by atoms with Crippen LogP contribution in [0.3, 0.4) is 0 Å². The fraction of sp³-hybridized carbons (Fsp3) is 0.500. The Hall–Kier alpha value is -1.20. The molecule has 1 aromatic heterocycles. The van der Waals surface area contributed by atoms with E-state index in [-0.39, 0.29) is 6.61 Å². The van der Waals surface area contributed by atoms with Crippen LogP contribution >= 0.6 is 0 Å². The van der Waals surface area contributed by atoms with Gasteiger partial charge in [-0.3, -0.25) is 4.98 Å². The van der Waals surface area contributed by atoms with E-state index in [1.165, 1.54) is 0 Å². The normalized spacial score (nSPS) is 10.1. The highest BCUT2D eigenvalue weighted by atomic mass is 16.3. The molecule has 0 aromatic carbocycles. The van der Waals surface area contributed by atoms with Gasteiger partial charge < -0.3 is 15.7 Å². The van der Waals surface area contributed by atoms with Crippen LogP contribution in [0.5, 0.6) is 0 Å². The number of hydrogen-bond donors (Lipinski definition) is 2. The quantitative estimate of drug-likeness (QED) is 0.648. The van der Waals surface area contributed by atoms with Crippen LogP contribution in [0, 0.1) is 0 Å². The molecule has 13 heavy (non-hydrogen) atoms. The van der Waals surface area contributed by atoms with E-state index < -0.39 is 0 Å². The number of likely N-dealkylation sites (N-methyl/N-ethyl adjacent to an activating group) is 1. The molecule has 0 radical (unpaired) electrons. The van der Waals surface area contributed by atoms with Crippen molar-refractivity contribution in [3.8, 4) is 0 Å². The third-order valence-electron chi connectivity index (χ3n) is 1.73. The van der Waals surface area contributed by atoms with E-state index in [9.17, 15) is 0 Å². The summed E-state index contributed by atoms with van der Waals surface area (Å²) in [6.45, 7) is 1.06. The summed E-state index contributed by atoms with van der Waals surface area (Å²) in [5, 5.41) is 8.69. The van der Waals surface area contributed by atoms with Gasteiger partial charge in [-0.05, 0) is 0 Å². The average molecular weight is 182 g/mol. The lowest BCUT2D eigenvalue weighted by Crippen LogP contribution is -2.22. The van der Waals surface area contributed by atoms with Crippen molar-refractivity contribution in [3.05, 3.63) is 18.1 Å². The molecular formula is C8H14N4O. The lowest BCUT2D eigenvalue weighted by atomic mass is 10.4. The SMILES string of the molecule is CN(CCO)c1cnc(CN)cn1. The maximum atomic E-state index is 8.69. The van der Waals surface area contributed by atoms with Crippen molar-refractivity contribution in [2.45, 2.75) is 6.54 Å². The first-order chi connectivity index (χ1) is 6.27. The molecule has 0 atom stereocenters. The van der Waals surface area contributed by atoms with Crippen LogP contribution in [0.2, 0.25) is 0 Å². The zero-order chi connectivity index (χ0) is 9.68. The topological polar surface area (TPSA) is 75.3 Å². The zero-order valence-corrected chi connectivity index (χ0v) is 7.64. The molecule has 72 valence electrons. The summed E-state index contributed by atoms with van der Waals surface area (Å²) < 4.78 is 0. The molecule has 0 amide bonds. The lowest BCUT2D eigenvalue weighted by molar-refractivity contribution is 0.304. The monoisotopic (exact) mass is 182 g/mol. The van der Waals surface area contributed by atoms with Crippen LogP contribution in [-0.4, -0.2) is 35.3 Å². The van der Waals surface area contributed by atoms with Gasteiger partial charge in [0.1, 0.15) is 5.82 Å². The Balaban J connectivity index is 2.67. The number of nitrogens with two attached hydrogens (primary N) is 1. The van der Waals surface area contributed by atoms with Gasteiger partial charge in [-0.2, -0.15) is 0 Å². The van der Waals surface area contributed by atoms with Crippen molar-refractivity contribution in [2.75, 3.05) is 25.1 Å². The first-order valence-corrected chi connectivity index (χ1v) is 4.11. The first-order valence-electron chi connectivity index (χ1n) is 4.11. The molecule has 5 heteroatoms. The predicted molar refractivity (Wildman–Crippen MR) is 50.3 cm³/mol. The van der Waals surface area contributed by atoms with Crippen molar-refractivity contribution >= 4 is 5.82 Å². The standard InChI is InChI=1S/C8H14N4O/c1-12(2-3-13)8-6-10-7(4-9)5-11-8/h5-6,13H,2-4,9H2,1H3. The molecule has 1 heterocycles. The highest BCUT2D eigenvalue weighted by Crippen LogP contribution is 2.05. The van der Waals surface area contributed by atoms with Crippen molar-refractivity contribution in [3.63, 3.8) is 0 Å². The van der Waals surface area contributed by atoms with Crippen molar-refractivity contribution in [1.82, 2.24) is 9.97 Å². The van der Waals surface area contributed by atoms with Gasteiger partial charge in [0.15, 0.2) is 0 Å². The number of anilines is 1. The molecular weight excluding hydrogens is 168 g/mol. The van der Waals surface area contributed by atoms with Crippen LogP contribution < -0.4 is 10.6 Å². The number of aromatic nitrogens is 2. The minimum Gasteiger partial charge on any atom is -0.395 e. The molecule has 0 aliphatic heterocycles. The molecule has 0 saturated heterocycles. The van der Waals surface area contributed by atoms with Gasteiger partial charge in [0.2, 0.25) is 0 Å². The van der Waals surface area contributed by atoms with E-state index in [0.29, 0.717) is 13.1 Å². The van der Waals surface area contributed by atoms with Crippen LogP contribution in [-0.2, 0) is 6.54 Å². The zero-order valence-electron chi connectivity index (χ0n) is 7.64. The summed E-state index contributed by atoms with van der Waals surface area (Å²) in [6.07, 6.45) is 3.29. The number of aliphatic hydroxyl groups excluding tert-OH is 1. The van der Waals surface area contributed by atoms with E-state index in [1.807, 2.05) is 11.9 Å². The van der Waals surface area contributed by atoms with Crippen LogP contribution in [0.1, 0.15) is 5.69 Å². The maximum Gasteiger partial charge on any atom is 0.146 e. The summed E-state index contributed by atoms with van der Waals surface area (Å²) in [7, 11) is 1.85. The summed E-state index contributed by atoms with van der Waals surface area (Å²) in [5.41, 5.74) is 6.14. The second kappa shape index (κ2) is 4.74. The largest absolute Gasteiger partial charge is 0.395 e. The van der Waals surface area contributed by atoms with Gasteiger partial charge >= 0.3 is 0 Å². The van der Waals surface area contributed by atoms with Gasteiger partial charge in [-0.15, -0.1) is 0 Å². The van der Waals surface area contributed by atoms with E-state index in [0.717, 1.165) is 11.5 Å². The summed E-state index contributed by atoms with van der Waals surface area (Å²) in [6, 6.07) is 0. The number of rotatable bonds is 4.